The second-order valence-electron chi connectivity index (χ2n) is 11.4. The molecular formula is C41H39Cl2NP2Ru. The molecule has 0 N–H and O–H groups in total. The fraction of sp³-hybridized carbons (Fsp3) is 0.0976. The maximum atomic E-state index is 4.85. The number of rotatable bonds is 7. The Morgan fingerprint density at radius 1 is 0.447 bits per heavy atom. The van der Waals surface area contributed by atoms with Gasteiger partial charge in [0.2, 0.25) is 0 Å². The Morgan fingerprint density at radius 3 is 1.04 bits per heavy atom. The van der Waals surface area contributed by atoms with Crippen molar-refractivity contribution in [3.63, 3.8) is 0 Å². The third-order valence-corrected chi connectivity index (χ3v) is 11.8. The van der Waals surface area contributed by atoms with Crippen molar-refractivity contribution in [2.45, 2.75) is 26.3 Å². The summed E-state index contributed by atoms with van der Waals surface area (Å²) in [5.74, 6) is 0. The van der Waals surface area contributed by atoms with Gasteiger partial charge in [-0.3, -0.25) is 4.99 Å². The number of nitrogens with zero attached hydrogens (tertiary/aromatic N) is 1. The van der Waals surface area contributed by atoms with Crippen LogP contribution in [0.3, 0.4) is 0 Å². The van der Waals surface area contributed by atoms with Gasteiger partial charge in [0.15, 0.2) is 0 Å². The average Bonchev–Trinajstić information content (AvgIpc) is 3.11. The summed E-state index contributed by atoms with van der Waals surface area (Å²) >= 11 is -0.346. The third kappa shape index (κ3) is 11.9. The van der Waals surface area contributed by atoms with Crippen molar-refractivity contribution in [2.24, 2.45) is 4.99 Å². The van der Waals surface area contributed by atoms with Crippen LogP contribution < -0.4 is 31.8 Å². The zero-order chi connectivity index (χ0) is 33.3. The molecule has 240 valence electrons. The number of benzene rings is 6. The van der Waals surface area contributed by atoms with E-state index in [1.165, 1.54) is 37.4 Å². The molecule has 0 amide bonds. The van der Waals surface area contributed by atoms with Crippen LogP contribution >= 0.6 is 35.2 Å². The van der Waals surface area contributed by atoms with Gasteiger partial charge in [0.05, 0.1) is 5.54 Å². The van der Waals surface area contributed by atoms with Crippen molar-refractivity contribution in [1.29, 1.82) is 0 Å². The summed E-state index contributed by atoms with van der Waals surface area (Å²) in [7, 11) is 8.66. The molecule has 0 saturated carbocycles. The summed E-state index contributed by atoms with van der Waals surface area (Å²) in [6, 6.07) is 62.6. The van der Waals surface area contributed by atoms with Gasteiger partial charge in [0.1, 0.15) is 0 Å². The minimum absolute atomic E-state index is 0.0740. The van der Waals surface area contributed by atoms with Crippen molar-refractivity contribution in [3.05, 3.63) is 181 Å². The van der Waals surface area contributed by atoms with E-state index >= 15 is 0 Å². The van der Waals surface area contributed by atoms with Crippen LogP contribution in [0.5, 0.6) is 0 Å². The molecule has 0 fully saturated rings. The second-order valence-corrected chi connectivity index (χ2v) is 18.4. The zero-order valence-electron chi connectivity index (χ0n) is 26.8. The van der Waals surface area contributed by atoms with E-state index in [1.807, 2.05) is 6.21 Å². The van der Waals surface area contributed by atoms with E-state index in [0.717, 1.165) is 0 Å². The smallest absolute Gasteiger partial charge is 0.0134 e. The molecule has 0 aliphatic heterocycles. The van der Waals surface area contributed by atoms with E-state index in [2.05, 4.69) is 197 Å². The molecular weight excluding hydrogens is 740 g/mol. The summed E-state index contributed by atoms with van der Waals surface area (Å²) in [6.45, 7) is 6.38. The van der Waals surface area contributed by atoms with Gasteiger partial charge < -0.3 is 0 Å². The van der Waals surface area contributed by atoms with Crippen LogP contribution in [0.4, 0.5) is 0 Å². The monoisotopic (exact) mass is 779 g/mol. The van der Waals surface area contributed by atoms with Gasteiger partial charge in [-0.05, 0) is 68.4 Å². The molecule has 0 bridgehead atoms. The van der Waals surface area contributed by atoms with E-state index < -0.39 is 15.8 Å². The fourth-order valence-electron chi connectivity index (χ4n) is 4.82. The Morgan fingerprint density at radius 2 is 0.723 bits per heavy atom. The van der Waals surface area contributed by atoms with Crippen LogP contribution in [0.2, 0.25) is 0 Å². The molecule has 0 aliphatic rings. The fourth-order valence-corrected chi connectivity index (χ4v) is 9.55. The van der Waals surface area contributed by atoms with Gasteiger partial charge in [0.25, 0.3) is 0 Å². The standard InChI is InChI=1S/C23H24NP.C18H15P.2ClH.Ru/c1-23(2,3)24-18-19-12-10-11-17-22(19)25(20-13-6-4-7-14-20)21-15-8-5-9-16-21;1-4-10-16(11-5-1)19(17-12-6-2-7-13-17)18-14-8-3-9-15-18;;;/h4-18H,1-3H3;1-15H;2*1H;/q;;;;+2/p-2. The van der Waals surface area contributed by atoms with Gasteiger partial charge in [0, 0.05) is 11.8 Å². The summed E-state index contributed by atoms with van der Waals surface area (Å²) in [6.07, 6.45) is 2.04. The molecule has 6 heteroatoms. The quantitative estimate of drug-likeness (QED) is 0.0871. The van der Waals surface area contributed by atoms with Crippen LogP contribution in [0.25, 0.3) is 0 Å². The molecule has 6 rings (SSSR count). The number of aliphatic imine (C=N–C) groups is 1. The third-order valence-electron chi connectivity index (χ3n) is 6.84. The second kappa shape index (κ2) is 19.8. The molecule has 0 unspecified atom stereocenters. The predicted molar refractivity (Wildman–Crippen MR) is 209 cm³/mol. The van der Waals surface area contributed by atoms with Crippen molar-refractivity contribution < 1.29 is 15.1 Å². The summed E-state index contributed by atoms with van der Waals surface area (Å²) in [5.41, 5.74) is 1.13. The first kappa shape index (κ1) is 36.9. The largest absolute Gasteiger partial charge is 0.0622 e. The van der Waals surface area contributed by atoms with Gasteiger partial charge in [-0.15, -0.1) is 0 Å². The van der Waals surface area contributed by atoms with Crippen molar-refractivity contribution in [1.82, 2.24) is 0 Å². The van der Waals surface area contributed by atoms with Gasteiger partial charge >= 0.3 is 34.5 Å². The molecule has 0 aliphatic carbocycles. The Hall–Kier alpha value is -2.95. The zero-order valence-corrected chi connectivity index (χ0v) is 31.8. The first-order valence-corrected chi connectivity index (χ1v) is 22.4. The van der Waals surface area contributed by atoms with Crippen molar-refractivity contribution in [3.8, 4) is 0 Å². The molecule has 0 radical (unpaired) electrons. The number of halogens is 2. The van der Waals surface area contributed by atoms with Crippen LogP contribution in [0, 0.1) is 0 Å². The van der Waals surface area contributed by atoms with Gasteiger partial charge in [-0.25, -0.2) is 0 Å². The van der Waals surface area contributed by atoms with E-state index in [1.54, 1.807) is 0 Å². The molecule has 1 nitrogen and oxygen atoms in total. The maximum Gasteiger partial charge on any atom is -0.0134 e. The maximum absolute atomic E-state index is 4.85. The molecule has 0 atom stereocenters. The minimum Gasteiger partial charge on any atom is -0.0622 e. The summed E-state index contributed by atoms with van der Waals surface area (Å²) < 4.78 is 0. The summed E-state index contributed by atoms with van der Waals surface area (Å²) in [5, 5.41) is 8.27. The molecule has 6 aromatic rings. The van der Waals surface area contributed by atoms with Gasteiger partial charge in [-0.2, -0.15) is 0 Å². The Labute approximate surface area is 299 Å². The SMILES string of the molecule is CC(C)(C)N=Cc1ccccc1P(c1ccccc1)c1ccccc1.[Cl][Ru][Cl].c1ccc(P(c2ccccc2)c2ccccc2)cc1. The molecule has 0 saturated heterocycles. The van der Waals surface area contributed by atoms with Gasteiger partial charge in [-0.1, -0.05) is 176 Å². The molecule has 0 spiro atoms. The van der Waals surface area contributed by atoms with E-state index in [9.17, 15) is 0 Å². The van der Waals surface area contributed by atoms with Crippen molar-refractivity contribution >= 4 is 73.3 Å². The van der Waals surface area contributed by atoms with Crippen LogP contribution in [-0.4, -0.2) is 11.8 Å². The number of hydrogen-bond donors (Lipinski definition) is 0. The van der Waals surface area contributed by atoms with Crippen LogP contribution in [0.1, 0.15) is 26.3 Å². The molecule has 47 heavy (non-hydrogen) atoms. The summed E-state index contributed by atoms with van der Waals surface area (Å²) in [4.78, 5) is 4.74. The normalized spacial score (nSPS) is 11.1. The Bertz CT molecular complexity index is 1620. The Balaban J connectivity index is 0.000000202. The van der Waals surface area contributed by atoms with E-state index in [4.69, 9.17) is 24.4 Å². The van der Waals surface area contributed by atoms with Crippen molar-refractivity contribution in [2.75, 3.05) is 0 Å². The molecule has 6 aromatic carbocycles. The first-order valence-electron chi connectivity index (χ1n) is 15.3. The Kier molecular flexibility index (Phi) is 15.5. The topological polar surface area (TPSA) is 12.4 Å². The van der Waals surface area contributed by atoms with E-state index in [-0.39, 0.29) is 20.7 Å². The van der Waals surface area contributed by atoms with E-state index in [0.29, 0.717) is 0 Å². The average molecular weight is 780 g/mol. The molecule has 0 heterocycles. The predicted octanol–water partition coefficient (Wildman–Crippen LogP) is 9.48. The number of hydrogen-bond acceptors (Lipinski definition) is 1. The van der Waals surface area contributed by atoms with Crippen LogP contribution in [0.15, 0.2) is 181 Å². The van der Waals surface area contributed by atoms with Crippen LogP contribution in [-0.2, 0) is 15.1 Å². The first-order chi connectivity index (χ1) is 22.9. The molecule has 0 aromatic heterocycles. The minimum atomic E-state index is -0.605.